The predicted molar refractivity (Wildman–Crippen MR) is 86.5 cm³/mol. The summed E-state index contributed by atoms with van der Waals surface area (Å²) in [5.74, 6) is 0. The molecule has 0 radical (unpaired) electrons. The number of hydrogen-bond donors (Lipinski definition) is 1. The molecule has 2 atom stereocenters. The number of ether oxygens (including phenoxy) is 1. The Balaban J connectivity index is 1.97. The summed E-state index contributed by atoms with van der Waals surface area (Å²) in [7, 11) is 0. The largest absolute Gasteiger partial charge is 0.374 e. The zero-order valence-electron chi connectivity index (χ0n) is 13.4. The van der Waals surface area contributed by atoms with Gasteiger partial charge in [0.25, 0.3) is 0 Å². The molecule has 1 aliphatic rings. The lowest BCUT2D eigenvalue weighted by atomic mass is 10.0. The third kappa shape index (κ3) is 5.38. The van der Waals surface area contributed by atoms with Crippen LogP contribution in [-0.2, 0) is 11.2 Å². The lowest BCUT2D eigenvalue weighted by Crippen LogP contribution is -2.53. The number of pyridine rings is 1. The van der Waals surface area contributed by atoms with Crippen LogP contribution in [0.4, 0.5) is 0 Å². The smallest absolute Gasteiger partial charge is 0.0858 e. The molecule has 0 bridgehead atoms. The molecule has 4 nitrogen and oxygen atoms in total. The molecule has 0 aromatic carbocycles. The molecule has 0 spiro atoms. The van der Waals surface area contributed by atoms with E-state index in [1.165, 1.54) is 18.5 Å². The molecule has 21 heavy (non-hydrogen) atoms. The molecule has 0 saturated carbocycles. The number of aromatic nitrogens is 1. The molecule has 2 heterocycles. The Morgan fingerprint density at radius 3 is 3.05 bits per heavy atom. The van der Waals surface area contributed by atoms with Crippen molar-refractivity contribution in [1.82, 2.24) is 15.2 Å². The third-order valence-electron chi connectivity index (χ3n) is 4.00. The van der Waals surface area contributed by atoms with Crippen LogP contribution in [0.25, 0.3) is 0 Å². The van der Waals surface area contributed by atoms with Gasteiger partial charge in [-0.05, 0) is 44.0 Å². The van der Waals surface area contributed by atoms with Gasteiger partial charge in [-0.2, -0.15) is 0 Å². The maximum atomic E-state index is 6.06. The Kier molecular flexibility index (Phi) is 7.13. The molecule has 0 aliphatic carbocycles. The van der Waals surface area contributed by atoms with Gasteiger partial charge in [-0.3, -0.25) is 9.88 Å². The molecule has 4 heteroatoms. The summed E-state index contributed by atoms with van der Waals surface area (Å²) in [4.78, 5) is 6.75. The first-order chi connectivity index (χ1) is 10.3. The second-order valence-corrected chi connectivity index (χ2v) is 5.84. The van der Waals surface area contributed by atoms with Crippen molar-refractivity contribution >= 4 is 0 Å². The molecule has 1 aromatic rings. The fourth-order valence-corrected chi connectivity index (χ4v) is 2.93. The molecular formula is C17H29N3O. The SMILES string of the molecule is CCCNC(Cc1cccnc1)C1CN(CCC)CCO1. The standard InChI is InChI=1S/C17H29N3O/c1-3-7-19-16(12-15-6-5-8-18-13-15)17-14-20(9-4-2)10-11-21-17/h5-6,8,13,16-17,19H,3-4,7,9-12,14H2,1-2H3. The van der Waals surface area contributed by atoms with Gasteiger partial charge in [-0.1, -0.05) is 19.9 Å². The van der Waals surface area contributed by atoms with Gasteiger partial charge in [-0.25, -0.2) is 0 Å². The molecule has 1 N–H and O–H groups in total. The fourth-order valence-electron chi connectivity index (χ4n) is 2.93. The predicted octanol–water partition coefficient (Wildman–Crippen LogP) is 2.10. The Hall–Kier alpha value is -0.970. The van der Waals surface area contributed by atoms with Crippen LogP contribution in [0.5, 0.6) is 0 Å². The first-order valence-corrected chi connectivity index (χ1v) is 8.29. The average molecular weight is 291 g/mol. The summed E-state index contributed by atoms with van der Waals surface area (Å²) in [5, 5.41) is 3.67. The summed E-state index contributed by atoms with van der Waals surface area (Å²) in [5.41, 5.74) is 1.28. The van der Waals surface area contributed by atoms with Crippen molar-refractivity contribution in [3.8, 4) is 0 Å². The van der Waals surface area contributed by atoms with Crippen molar-refractivity contribution in [2.75, 3.05) is 32.8 Å². The van der Waals surface area contributed by atoms with Crippen molar-refractivity contribution in [3.63, 3.8) is 0 Å². The van der Waals surface area contributed by atoms with E-state index >= 15 is 0 Å². The highest BCUT2D eigenvalue weighted by atomic mass is 16.5. The molecule has 1 aliphatic heterocycles. The Morgan fingerprint density at radius 1 is 1.43 bits per heavy atom. The van der Waals surface area contributed by atoms with Crippen LogP contribution in [0, 0.1) is 0 Å². The van der Waals surface area contributed by atoms with Gasteiger partial charge in [-0.15, -0.1) is 0 Å². The van der Waals surface area contributed by atoms with Crippen LogP contribution >= 0.6 is 0 Å². The van der Waals surface area contributed by atoms with Crippen LogP contribution < -0.4 is 5.32 Å². The first-order valence-electron chi connectivity index (χ1n) is 8.29. The van der Waals surface area contributed by atoms with E-state index in [1.54, 1.807) is 0 Å². The van der Waals surface area contributed by atoms with Gasteiger partial charge in [0.1, 0.15) is 0 Å². The van der Waals surface area contributed by atoms with Gasteiger partial charge < -0.3 is 10.1 Å². The lowest BCUT2D eigenvalue weighted by Gasteiger charge is -2.37. The van der Waals surface area contributed by atoms with Crippen LogP contribution in [-0.4, -0.2) is 54.8 Å². The first kappa shape index (κ1) is 16.4. The maximum absolute atomic E-state index is 6.06. The normalized spacial score (nSPS) is 21.3. The van der Waals surface area contributed by atoms with Gasteiger partial charge in [0.2, 0.25) is 0 Å². The molecule has 1 saturated heterocycles. The van der Waals surface area contributed by atoms with Crippen molar-refractivity contribution in [1.29, 1.82) is 0 Å². The molecular weight excluding hydrogens is 262 g/mol. The number of nitrogens with zero attached hydrogens (tertiary/aromatic N) is 2. The van der Waals surface area contributed by atoms with E-state index in [4.69, 9.17) is 4.74 Å². The zero-order valence-corrected chi connectivity index (χ0v) is 13.4. The van der Waals surface area contributed by atoms with E-state index in [9.17, 15) is 0 Å². The Morgan fingerprint density at radius 2 is 2.33 bits per heavy atom. The molecule has 1 aromatic heterocycles. The quantitative estimate of drug-likeness (QED) is 0.796. The van der Waals surface area contributed by atoms with E-state index in [-0.39, 0.29) is 6.10 Å². The minimum Gasteiger partial charge on any atom is -0.374 e. The average Bonchev–Trinajstić information content (AvgIpc) is 2.53. The molecule has 2 unspecified atom stereocenters. The topological polar surface area (TPSA) is 37.4 Å². The van der Waals surface area contributed by atoms with Crippen LogP contribution in [0.3, 0.4) is 0 Å². The minimum atomic E-state index is 0.275. The van der Waals surface area contributed by atoms with Crippen LogP contribution in [0.15, 0.2) is 24.5 Å². The fraction of sp³-hybridized carbons (Fsp3) is 0.706. The van der Waals surface area contributed by atoms with Crippen LogP contribution in [0.1, 0.15) is 32.3 Å². The molecule has 1 fully saturated rings. The van der Waals surface area contributed by atoms with Gasteiger partial charge in [0.15, 0.2) is 0 Å². The van der Waals surface area contributed by atoms with Crippen molar-refractivity contribution < 1.29 is 4.74 Å². The highest BCUT2D eigenvalue weighted by Gasteiger charge is 2.27. The monoisotopic (exact) mass is 291 g/mol. The van der Waals surface area contributed by atoms with Crippen molar-refractivity contribution in [2.24, 2.45) is 0 Å². The van der Waals surface area contributed by atoms with E-state index in [0.29, 0.717) is 6.04 Å². The second kappa shape index (κ2) is 9.13. The summed E-state index contributed by atoms with van der Waals surface area (Å²) in [6.07, 6.45) is 7.42. The Bertz CT molecular complexity index is 383. The van der Waals surface area contributed by atoms with E-state index in [0.717, 1.165) is 39.1 Å². The summed E-state index contributed by atoms with van der Waals surface area (Å²) in [6, 6.07) is 4.53. The summed E-state index contributed by atoms with van der Waals surface area (Å²) in [6.45, 7) is 9.62. The highest BCUT2D eigenvalue weighted by molar-refractivity contribution is 5.11. The number of rotatable bonds is 8. The van der Waals surface area contributed by atoms with Crippen LogP contribution in [0.2, 0.25) is 0 Å². The van der Waals surface area contributed by atoms with Crippen molar-refractivity contribution in [2.45, 2.75) is 45.3 Å². The second-order valence-electron chi connectivity index (χ2n) is 5.84. The number of nitrogens with one attached hydrogen (secondary N) is 1. The molecule has 118 valence electrons. The van der Waals surface area contributed by atoms with Gasteiger partial charge in [0, 0.05) is 31.5 Å². The van der Waals surface area contributed by atoms with E-state index < -0.39 is 0 Å². The lowest BCUT2D eigenvalue weighted by molar-refractivity contribution is -0.0461. The zero-order chi connectivity index (χ0) is 14.9. The summed E-state index contributed by atoms with van der Waals surface area (Å²) >= 11 is 0. The highest BCUT2D eigenvalue weighted by Crippen LogP contribution is 2.13. The number of hydrogen-bond acceptors (Lipinski definition) is 4. The molecule has 2 rings (SSSR count). The third-order valence-corrected chi connectivity index (χ3v) is 4.00. The molecule has 0 amide bonds. The maximum Gasteiger partial charge on any atom is 0.0858 e. The minimum absolute atomic E-state index is 0.275. The van der Waals surface area contributed by atoms with E-state index in [2.05, 4.69) is 35.1 Å². The number of morpholine rings is 1. The van der Waals surface area contributed by atoms with Gasteiger partial charge in [0.05, 0.1) is 12.7 Å². The van der Waals surface area contributed by atoms with Crippen molar-refractivity contribution in [3.05, 3.63) is 30.1 Å². The Labute approximate surface area is 128 Å². The van der Waals surface area contributed by atoms with Gasteiger partial charge >= 0.3 is 0 Å². The summed E-state index contributed by atoms with van der Waals surface area (Å²) < 4.78 is 6.06. The van der Waals surface area contributed by atoms with E-state index in [1.807, 2.05) is 18.5 Å².